The zero-order chi connectivity index (χ0) is 12.3. The van der Waals surface area contributed by atoms with Crippen molar-refractivity contribution in [2.75, 3.05) is 6.54 Å². The van der Waals surface area contributed by atoms with Gasteiger partial charge in [0, 0.05) is 6.04 Å². The van der Waals surface area contributed by atoms with E-state index in [1.54, 1.807) is 0 Å². The van der Waals surface area contributed by atoms with Crippen LogP contribution in [0.2, 0.25) is 0 Å². The predicted molar refractivity (Wildman–Crippen MR) is 61.8 cm³/mol. The quantitative estimate of drug-likeness (QED) is 0.743. The van der Waals surface area contributed by atoms with Crippen molar-refractivity contribution in [2.24, 2.45) is 11.8 Å². The number of nitrogens with one attached hydrogen (secondary N) is 1. The van der Waals surface area contributed by atoms with E-state index < -0.39 is 12.1 Å². The molecule has 1 aliphatic carbocycles. The molecule has 1 unspecified atom stereocenters. The van der Waals surface area contributed by atoms with Crippen LogP contribution >= 0.6 is 0 Å². The highest BCUT2D eigenvalue weighted by molar-refractivity contribution is 4.85. The molecule has 1 saturated carbocycles. The monoisotopic (exact) mass is 249 g/mol. The number of hydrogen-bond acceptors (Lipinski definition) is 1. The highest BCUT2D eigenvalue weighted by atomic mass is 19.4. The molecule has 4 heteroatoms. The molecular weight excluding hydrogens is 227 g/mol. The Kier molecular flexibility index (Phi) is 4.34. The van der Waals surface area contributed by atoms with Crippen LogP contribution in [0.1, 0.15) is 51.4 Å². The summed E-state index contributed by atoms with van der Waals surface area (Å²) in [6, 6.07) is 0.478. The molecular formula is C13H22F3N. The van der Waals surface area contributed by atoms with E-state index in [0.717, 1.165) is 25.8 Å². The first-order valence-corrected chi connectivity index (χ1v) is 6.87. The third kappa shape index (κ3) is 3.60. The standard InChI is InChI=1S/C13H22F3N/c14-13(15,16)11-7-5-10(6-8-11)12-4-2-1-3-9-17-12/h10-12,17H,1-9H2. The van der Waals surface area contributed by atoms with Gasteiger partial charge in [-0.25, -0.2) is 0 Å². The Bertz CT molecular complexity index is 223. The Morgan fingerprint density at radius 3 is 2.18 bits per heavy atom. The summed E-state index contributed by atoms with van der Waals surface area (Å²) in [4.78, 5) is 0. The zero-order valence-corrected chi connectivity index (χ0v) is 10.2. The van der Waals surface area contributed by atoms with Gasteiger partial charge in [0.1, 0.15) is 0 Å². The van der Waals surface area contributed by atoms with Gasteiger partial charge in [-0.1, -0.05) is 12.8 Å². The third-order valence-corrected chi connectivity index (χ3v) is 4.40. The molecule has 1 heterocycles. The van der Waals surface area contributed by atoms with Crippen LogP contribution in [0.4, 0.5) is 13.2 Å². The molecule has 0 aromatic rings. The Hall–Kier alpha value is -0.250. The molecule has 1 N–H and O–H groups in total. The molecule has 1 saturated heterocycles. The van der Waals surface area contributed by atoms with E-state index in [1.807, 2.05) is 0 Å². The molecule has 2 aliphatic rings. The van der Waals surface area contributed by atoms with Crippen molar-refractivity contribution in [2.45, 2.75) is 63.6 Å². The molecule has 0 aromatic heterocycles. The van der Waals surface area contributed by atoms with Crippen molar-refractivity contribution in [3.8, 4) is 0 Å². The summed E-state index contributed by atoms with van der Waals surface area (Å²) in [6.45, 7) is 1.05. The highest BCUT2D eigenvalue weighted by Crippen LogP contribution is 2.41. The largest absolute Gasteiger partial charge is 0.391 e. The summed E-state index contributed by atoms with van der Waals surface area (Å²) < 4.78 is 37.7. The van der Waals surface area contributed by atoms with Gasteiger partial charge in [-0.2, -0.15) is 13.2 Å². The Morgan fingerprint density at radius 2 is 1.53 bits per heavy atom. The van der Waals surface area contributed by atoms with Gasteiger partial charge < -0.3 is 5.32 Å². The number of alkyl halides is 3. The van der Waals surface area contributed by atoms with E-state index in [1.165, 1.54) is 19.3 Å². The van der Waals surface area contributed by atoms with Crippen LogP contribution in [0, 0.1) is 11.8 Å². The maximum absolute atomic E-state index is 12.6. The van der Waals surface area contributed by atoms with E-state index in [2.05, 4.69) is 5.32 Å². The summed E-state index contributed by atoms with van der Waals surface area (Å²) in [5, 5.41) is 3.52. The Morgan fingerprint density at radius 1 is 0.824 bits per heavy atom. The molecule has 1 atom stereocenters. The van der Waals surface area contributed by atoms with Crippen molar-refractivity contribution < 1.29 is 13.2 Å². The highest BCUT2D eigenvalue weighted by Gasteiger charge is 2.42. The maximum atomic E-state index is 12.6. The molecule has 1 aliphatic heterocycles. The molecule has 0 amide bonds. The number of rotatable bonds is 1. The lowest BCUT2D eigenvalue weighted by Crippen LogP contribution is -2.39. The van der Waals surface area contributed by atoms with Gasteiger partial charge in [-0.3, -0.25) is 0 Å². The van der Waals surface area contributed by atoms with Crippen LogP contribution < -0.4 is 5.32 Å². The average Bonchev–Trinajstić information content (AvgIpc) is 2.56. The van der Waals surface area contributed by atoms with E-state index in [4.69, 9.17) is 0 Å². The topological polar surface area (TPSA) is 12.0 Å². The van der Waals surface area contributed by atoms with Gasteiger partial charge in [0.15, 0.2) is 0 Å². The van der Waals surface area contributed by atoms with Crippen molar-refractivity contribution >= 4 is 0 Å². The molecule has 0 radical (unpaired) electrons. The second-order valence-corrected chi connectivity index (χ2v) is 5.56. The molecule has 100 valence electrons. The van der Waals surface area contributed by atoms with Gasteiger partial charge in [-0.15, -0.1) is 0 Å². The zero-order valence-electron chi connectivity index (χ0n) is 10.2. The van der Waals surface area contributed by atoms with Crippen molar-refractivity contribution in [3.63, 3.8) is 0 Å². The lowest BCUT2D eigenvalue weighted by molar-refractivity contribution is -0.184. The van der Waals surface area contributed by atoms with Gasteiger partial charge in [0.25, 0.3) is 0 Å². The minimum atomic E-state index is -3.97. The van der Waals surface area contributed by atoms with Crippen LogP contribution in [0.5, 0.6) is 0 Å². The molecule has 0 bridgehead atoms. The maximum Gasteiger partial charge on any atom is 0.391 e. The number of halogens is 3. The van der Waals surface area contributed by atoms with Crippen molar-refractivity contribution in [1.82, 2.24) is 5.32 Å². The lowest BCUT2D eigenvalue weighted by Gasteiger charge is -2.34. The summed E-state index contributed by atoms with van der Waals surface area (Å²) in [5.74, 6) is -0.559. The normalized spacial score (nSPS) is 36.5. The van der Waals surface area contributed by atoms with Gasteiger partial charge in [0.05, 0.1) is 5.92 Å². The smallest absolute Gasteiger partial charge is 0.314 e. The van der Waals surface area contributed by atoms with E-state index >= 15 is 0 Å². The molecule has 0 aromatic carbocycles. The Labute approximate surface area is 101 Å². The minimum Gasteiger partial charge on any atom is -0.314 e. The summed E-state index contributed by atoms with van der Waals surface area (Å²) >= 11 is 0. The summed E-state index contributed by atoms with van der Waals surface area (Å²) in [5.41, 5.74) is 0. The van der Waals surface area contributed by atoms with E-state index in [-0.39, 0.29) is 0 Å². The summed E-state index contributed by atoms with van der Waals surface area (Å²) in [6.07, 6.45) is 3.08. The van der Waals surface area contributed by atoms with Crippen LogP contribution in [0.15, 0.2) is 0 Å². The van der Waals surface area contributed by atoms with E-state index in [9.17, 15) is 13.2 Å². The SMILES string of the molecule is FC(F)(F)C1CCC(C2CCCCCN2)CC1. The average molecular weight is 249 g/mol. The van der Waals surface area contributed by atoms with Gasteiger partial charge in [-0.05, 0) is 51.0 Å². The molecule has 0 spiro atoms. The molecule has 2 rings (SSSR count). The molecule has 2 fully saturated rings. The van der Waals surface area contributed by atoms with Crippen LogP contribution in [-0.4, -0.2) is 18.8 Å². The third-order valence-electron chi connectivity index (χ3n) is 4.40. The van der Waals surface area contributed by atoms with Crippen LogP contribution in [0.3, 0.4) is 0 Å². The molecule has 17 heavy (non-hydrogen) atoms. The fraction of sp³-hybridized carbons (Fsp3) is 1.00. The first-order chi connectivity index (χ1) is 8.07. The van der Waals surface area contributed by atoms with Gasteiger partial charge in [0.2, 0.25) is 0 Å². The first-order valence-electron chi connectivity index (χ1n) is 6.87. The number of hydrogen-bond donors (Lipinski definition) is 1. The van der Waals surface area contributed by atoms with Crippen molar-refractivity contribution in [3.05, 3.63) is 0 Å². The van der Waals surface area contributed by atoms with Crippen molar-refractivity contribution in [1.29, 1.82) is 0 Å². The lowest BCUT2D eigenvalue weighted by atomic mass is 9.77. The summed E-state index contributed by atoms with van der Waals surface area (Å²) in [7, 11) is 0. The second kappa shape index (κ2) is 5.59. The van der Waals surface area contributed by atoms with E-state index in [0.29, 0.717) is 24.8 Å². The molecule has 1 nitrogen and oxygen atoms in total. The second-order valence-electron chi connectivity index (χ2n) is 5.56. The predicted octanol–water partition coefficient (Wildman–Crippen LogP) is 3.89. The van der Waals surface area contributed by atoms with Crippen LogP contribution in [-0.2, 0) is 0 Å². The fourth-order valence-electron chi connectivity index (χ4n) is 3.31. The minimum absolute atomic E-state index is 0.340. The first kappa shape index (κ1) is 13.2. The fourth-order valence-corrected chi connectivity index (χ4v) is 3.31. The van der Waals surface area contributed by atoms with Crippen LogP contribution in [0.25, 0.3) is 0 Å². The Balaban J connectivity index is 1.81. The van der Waals surface area contributed by atoms with Gasteiger partial charge >= 0.3 is 6.18 Å².